The Morgan fingerprint density at radius 2 is 2.11 bits per heavy atom. The highest BCUT2D eigenvalue weighted by molar-refractivity contribution is 7.80. The number of aryl methyl sites for hydroxylation is 1. The van der Waals surface area contributed by atoms with Crippen molar-refractivity contribution >= 4 is 24.4 Å². The van der Waals surface area contributed by atoms with Crippen LogP contribution in [0.1, 0.15) is 35.2 Å². The first-order valence-electron chi connectivity index (χ1n) is 6.40. The Labute approximate surface area is 118 Å². The Morgan fingerprint density at radius 3 is 2.79 bits per heavy atom. The smallest absolute Gasteiger partial charge is 0.254 e. The van der Waals surface area contributed by atoms with Gasteiger partial charge < -0.3 is 10.6 Å². The Bertz CT molecular complexity index is 516. The zero-order valence-corrected chi connectivity index (χ0v) is 11.8. The first-order valence-corrected chi connectivity index (χ1v) is 6.85. The van der Waals surface area contributed by atoms with E-state index in [2.05, 4.69) is 12.6 Å². The molecule has 2 amide bonds. The van der Waals surface area contributed by atoms with E-state index in [0.717, 1.165) is 23.3 Å². The number of nitrogens with zero attached hydrogens (tertiary/aromatic N) is 1. The number of hydrogen-bond donors (Lipinski definition) is 2. The van der Waals surface area contributed by atoms with E-state index in [1.165, 1.54) is 0 Å². The molecule has 5 heteroatoms. The zero-order chi connectivity index (χ0) is 14.0. The number of likely N-dealkylation sites (tertiary alicyclic amines) is 1. The summed E-state index contributed by atoms with van der Waals surface area (Å²) in [5, 5.41) is 0. The molecule has 0 aromatic heterocycles. The molecule has 0 radical (unpaired) electrons. The van der Waals surface area contributed by atoms with Crippen molar-refractivity contribution in [3.05, 3.63) is 29.3 Å². The van der Waals surface area contributed by atoms with Crippen molar-refractivity contribution in [3.8, 4) is 0 Å². The lowest BCUT2D eigenvalue weighted by molar-refractivity contribution is -0.123. The molecule has 2 N–H and O–H groups in total. The highest BCUT2D eigenvalue weighted by Gasteiger charge is 2.31. The average Bonchev–Trinajstić information content (AvgIpc) is 2.40. The average molecular weight is 278 g/mol. The van der Waals surface area contributed by atoms with Crippen LogP contribution in [0.2, 0.25) is 0 Å². The molecular weight excluding hydrogens is 260 g/mol. The second kappa shape index (κ2) is 5.65. The van der Waals surface area contributed by atoms with Gasteiger partial charge in [0, 0.05) is 17.0 Å². The van der Waals surface area contributed by atoms with Crippen LogP contribution >= 0.6 is 12.6 Å². The van der Waals surface area contributed by atoms with Crippen molar-refractivity contribution in [2.24, 2.45) is 5.73 Å². The number of carbonyl (C=O) groups excluding carboxylic acids is 2. The number of primary amides is 1. The molecule has 1 fully saturated rings. The summed E-state index contributed by atoms with van der Waals surface area (Å²) >= 11 is 4.26. The van der Waals surface area contributed by atoms with Gasteiger partial charge in [-0.2, -0.15) is 0 Å². The molecule has 0 bridgehead atoms. The molecular formula is C14H18N2O2S. The van der Waals surface area contributed by atoms with E-state index in [4.69, 9.17) is 5.73 Å². The van der Waals surface area contributed by atoms with Crippen LogP contribution in [0.15, 0.2) is 23.1 Å². The van der Waals surface area contributed by atoms with Gasteiger partial charge in [0.05, 0.1) is 0 Å². The van der Waals surface area contributed by atoms with Crippen LogP contribution in [0.4, 0.5) is 0 Å². The van der Waals surface area contributed by atoms with Gasteiger partial charge in [-0.3, -0.25) is 9.59 Å². The second-order valence-electron chi connectivity index (χ2n) is 4.91. The summed E-state index contributed by atoms with van der Waals surface area (Å²) in [6.07, 6.45) is 2.50. The number of thiol groups is 1. The summed E-state index contributed by atoms with van der Waals surface area (Å²) in [6.45, 7) is 2.46. The van der Waals surface area contributed by atoms with Gasteiger partial charge in [-0.15, -0.1) is 12.6 Å². The van der Waals surface area contributed by atoms with Crippen LogP contribution in [0, 0.1) is 6.92 Å². The van der Waals surface area contributed by atoms with Crippen molar-refractivity contribution < 1.29 is 9.59 Å². The van der Waals surface area contributed by atoms with E-state index < -0.39 is 11.9 Å². The number of carbonyl (C=O) groups is 2. The summed E-state index contributed by atoms with van der Waals surface area (Å²) in [4.78, 5) is 26.4. The molecule has 1 saturated heterocycles. The zero-order valence-electron chi connectivity index (χ0n) is 10.9. The number of benzene rings is 1. The number of amides is 2. The number of hydrogen-bond acceptors (Lipinski definition) is 3. The lowest BCUT2D eigenvalue weighted by Crippen LogP contribution is -2.50. The Balaban J connectivity index is 2.31. The number of rotatable bonds is 2. The van der Waals surface area contributed by atoms with Crippen LogP contribution < -0.4 is 5.73 Å². The highest BCUT2D eigenvalue weighted by atomic mass is 32.1. The molecule has 1 atom stereocenters. The molecule has 19 heavy (non-hydrogen) atoms. The standard InChI is InChI=1S/C14H18N2O2S/c1-9-5-6-10(19)8-11(9)14(18)16-7-3-2-4-12(16)13(15)17/h5-6,8,12,19H,2-4,7H2,1H3,(H2,15,17). The van der Waals surface area contributed by atoms with Crippen molar-refractivity contribution in [2.75, 3.05) is 6.54 Å². The molecule has 0 aliphatic carbocycles. The minimum atomic E-state index is -0.482. The predicted molar refractivity (Wildman–Crippen MR) is 76.3 cm³/mol. The largest absolute Gasteiger partial charge is 0.368 e. The SMILES string of the molecule is Cc1ccc(S)cc1C(=O)N1CCCCC1C(N)=O. The third-order valence-corrected chi connectivity index (χ3v) is 3.82. The molecule has 1 aliphatic heterocycles. The minimum absolute atomic E-state index is 0.128. The fourth-order valence-corrected chi connectivity index (χ4v) is 2.67. The van der Waals surface area contributed by atoms with Crippen LogP contribution in [-0.2, 0) is 4.79 Å². The third kappa shape index (κ3) is 2.92. The number of piperidine rings is 1. The molecule has 1 aliphatic rings. The van der Waals surface area contributed by atoms with Crippen molar-refractivity contribution in [1.29, 1.82) is 0 Å². The first-order chi connectivity index (χ1) is 9.00. The number of nitrogens with two attached hydrogens (primary N) is 1. The molecule has 2 rings (SSSR count). The Kier molecular flexibility index (Phi) is 4.14. The molecule has 1 heterocycles. The van der Waals surface area contributed by atoms with Gasteiger partial charge in [0.2, 0.25) is 5.91 Å². The maximum Gasteiger partial charge on any atom is 0.254 e. The Hall–Kier alpha value is -1.49. The fraction of sp³-hybridized carbons (Fsp3) is 0.429. The monoisotopic (exact) mass is 278 g/mol. The quantitative estimate of drug-likeness (QED) is 0.810. The van der Waals surface area contributed by atoms with E-state index in [1.807, 2.05) is 19.1 Å². The summed E-state index contributed by atoms with van der Waals surface area (Å²) in [5.74, 6) is -0.551. The lowest BCUT2D eigenvalue weighted by atomic mass is 9.99. The van der Waals surface area contributed by atoms with E-state index in [9.17, 15) is 9.59 Å². The maximum absolute atomic E-state index is 12.6. The fourth-order valence-electron chi connectivity index (χ4n) is 2.47. The molecule has 102 valence electrons. The summed E-state index contributed by atoms with van der Waals surface area (Å²) in [6, 6.07) is 4.97. The van der Waals surface area contributed by atoms with Crippen molar-refractivity contribution in [3.63, 3.8) is 0 Å². The second-order valence-corrected chi connectivity index (χ2v) is 5.43. The van der Waals surface area contributed by atoms with E-state index in [1.54, 1.807) is 11.0 Å². The summed E-state index contributed by atoms with van der Waals surface area (Å²) in [7, 11) is 0. The van der Waals surface area contributed by atoms with Gasteiger partial charge in [-0.25, -0.2) is 0 Å². The van der Waals surface area contributed by atoms with E-state index in [-0.39, 0.29) is 5.91 Å². The summed E-state index contributed by atoms with van der Waals surface area (Å²) < 4.78 is 0. The van der Waals surface area contributed by atoms with Gasteiger partial charge in [0.25, 0.3) is 5.91 Å². The molecule has 1 unspecified atom stereocenters. The van der Waals surface area contributed by atoms with Crippen molar-refractivity contribution in [2.45, 2.75) is 37.1 Å². The summed E-state index contributed by atoms with van der Waals surface area (Å²) in [5.41, 5.74) is 6.88. The van der Waals surface area contributed by atoms with Gasteiger partial charge in [-0.1, -0.05) is 6.07 Å². The van der Waals surface area contributed by atoms with Gasteiger partial charge >= 0.3 is 0 Å². The van der Waals surface area contributed by atoms with Gasteiger partial charge in [-0.05, 0) is 43.9 Å². The van der Waals surface area contributed by atoms with Crippen molar-refractivity contribution in [1.82, 2.24) is 4.90 Å². The highest BCUT2D eigenvalue weighted by Crippen LogP contribution is 2.22. The molecule has 1 aromatic carbocycles. The molecule has 0 spiro atoms. The van der Waals surface area contributed by atoms with E-state index >= 15 is 0 Å². The van der Waals surface area contributed by atoms with Crippen LogP contribution in [0.3, 0.4) is 0 Å². The predicted octanol–water partition coefficient (Wildman–Crippen LogP) is 1.76. The topological polar surface area (TPSA) is 63.4 Å². The third-order valence-electron chi connectivity index (χ3n) is 3.54. The van der Waals surface area contributed by atoms with E-state index in [0.29, 0.717) is 18.5 Å². The first kappa shape index (κ1) is 13.9. The van der Waals surface area contributed by atoms with Crippen LogP contribution in [0.5, 0.6) is 0 Å². The lowest BCUT2D eigenvalue weighted by Gasteiger charge is -2.34. The normalized spacial score (nSPS) is 19.3. The minimum Gasteiger partial charge on any atom is -0.368 e. The molecule has 0 saturated carbocycles. The van der Waals surface area contributed by atoms with Gasteiger partial charge in [0.1, 0.15) is 6.04 Å². The Morgan fingerprint density at radius 1 is 1.37 bits per heavy atom. The van der Waals surface area contributed by atoms with Crippen LogP contribution in [0.25, 0.3) is 0 Å². The molecule has 1 aromatic rings. The van der Waals surface area contributed by atoms with Crippen LogP contribution in [-0.4, -0.2) is 29.3 Å². The molecule has 4 nitrogen and oxygen atoms in total. The maximum atomic E-state index is 12.6. The van der Waals surface area contributed by atoms with Gasteiger partial charge in [0.15, 0.2) is 0 Å².